The number of aliphatic hydroxyl groups is 1. The summed E-state index contributed by atoms with van der Waals surface area (Å²) >= 11 is 0. The number of anilines is 3. The number of fused-ring (bicyclic) bond motifs is 3. The summed E-state index contributed by atoms with van der Waals surface area (Å²) in [7, 11) is 1.95. The minimum absolute atomic E-state index is 0.0126. The van der Waals surface area contributed by atoms with Gasteiger partial charge in [0.25, 0.3) is 11.8 Å². The molecule has 0 radical (unpaired) electrons. The number of carbonyl (C=O) groups is 2. The second-order valence-corrected chi connectivity index (χ2v) is 12.5. The number of hydrogen-bond acceptors (Lipinski definition) is 7. The standard InChI is InChI=1S/C29H36N6O4/c1-29(2,38)5-8-33-12-17-9-23(31-26(36)20-11-30-35-7-4-6-32(3)27(20)35)24(10-19(17)28(33)37)34-13-21-22(14-34)25(21)18-15-39-16-18/h4,7,9-11,18,21-22,25,38H,5-6,8,12-16H2,1-3H3,(H,31,36). The van der Waals surface area contributed by atoms with Crippen LogP contribution in [0.25, 0.3) is 6.20 Å². The third-order valence-corrected chi connectivity index (χ3v) is 9.15. The number of hydrogen-bond donors (Lipinski definition) is 2. The first kappa shape index (κ1) is 24.7. The highest BCUT2D eigenvalue weighted by Gasteiger charge is 2.60. The number of nitrogens with zero attached hydrogens (tertiary/aromatic N) is 5. The quantitative estimate of drug-likeness (QED) is 0.565. The van der Waals surface area contributed by atoms with Crippen molar-refractivity contribution in [2.45, 2.75) is 32.4 Å². The molecule has 2 unspecified atom stereocenters. The fourth-order valence-corrected chi connectivity index (χ4v) is 6.89. The molecule has 0 bridgehead atoms. The van der Waals surface area contributed by atoms with Crippen LogP contribution in [0, 0.1) is 23.7 Å². The first-order valence-corrected chi connectivity index (χ1v) is 14.0. The van der Waals surface area contributed by atoms with Gasteiger partial charge in [-0.25, -0.2) is 4.68 Å². The average molecular weight is 533 g/mol. The van der Waals surface area contributed by atoms with Gasteiger partial charge in [-0.3, -0.25) is 9.59 Å². The first-order chi connectivity index (χ1) is 18.7. The van der Waals surface area contributed by atoms with Crippen LogP contribution in [-0.2, 0) is 11.3 Å². The number of piperidine rings is 1. The van der Waals surface area contributed by atoms with Crippen LogP contribution in [0.5, 0.6) is 0 Å². The Kier molecular flexibility index (Phi) is 5.58. The Bertz CT molecular complexity index is 1360. The highest BCUT2D eigenvalue weighted by Crippen LogP contribution is 2.58. The largest absolute Gasteiger partial charge is 0.390 e. The summed E-state index contributed by atoms with van der Waals surface area (Å²) in [5.74, 6) is 3.27. The van der Waals surface area contributed by atoms with Crippen LogP contribution in [0.1, 0.15) is 46.5 Å². The van der Waals surface area contributed by atoms with Crippen molar-refractivity contribution in [2.75, 3.05) is 61.6 Å². The molecule has 1 aliphatic carbocycles. The van der Waals surface area contributed by atoms with E-state index < -0.39 is 5.60 Å². The van der Waals surface area contributed by atoms with Crippen molar-refractivity contribution >= 4 is 35.2 Å². The second-order valence-electron chi connectivity index (χ2n) is 12.5. The van der Waals surface area contributed by atoms with Gasteiger partial charge in [0.15, 0.2) is 0 Å². The maximum Gasteiger partial charge on any atom is 0.261 e. The maximum absolute atomic E-state index is 13.6. The third-order valence-electron chi connectivity index (χ3n) is 9.15. The van der Waals surface area contributed by atoms with Gasteiger partial charge in [-0.1, -0.05) is 0 Å². The predicted octanol–water partition coefficient (Wildman–Crippen LogP) is 2.50. The SMILES string of the molecule is CN1CC=Cn2ncc(C(=O)Nc3cc4c(cc3N3CC5C(C3)C5C3COC3)C(=O)N(CCC(C)(C)O)C4)c21. The van der Waals surface area contributed by atoms with Gasteiger partial charge in [0.2, 0.25) is 0 Å². The molecule has 1 aromatic heterocycles. The molecule has 3 fully saturated rings. The molecule has 1 aromatic carbocycles. The van der Waals surface area contributed by atoms with Gasteiger partial charge >= 0.3 is 0 Å². The molecule has 2 saturated heterocycles. The molecule has 10 heteroatoms. The minimum Gasteiger partial charge on any atom is -0.390 e. The van der Waals surface area contributed by atoms with Gasteiger partial charge in [0.05, 0.1) is 36.4 Å². The van der Waals surface area contributed by atoms with E-state index in [-0.39, 0.29) is 11.8 Å². The lowest BCUT2D eigenvalue weighted by Crippen LogP contribution is -2.34. The number of likely N-dealkylation sites (N-methyl/N-ethyl adjacent to an activating group) is 1. The lowest BCUT2D eigenvalue weighted by Gasteiger charge is -2.31. The number of ether oxygens (including phenoxy) is 1. The van der Waals surface area contributed by atoms with Crippen LogP contribution in [0.3, 0.4) is 0 Å². The number of aromatic nitrogens is 2. The number of rotatable bonds is 7. The van der Waals surface area contributed by atoms with E-state index in [1.54, 1.807) is 29.6 Å². The summed E-state index contributed by atoms with van der Waals surface area (Å²) in [4.78, 5) is 33.1. The van der Waals surface area contributed by atoms with Gasteiger partial charge in [0, 0.05) is 57.5 Å². The Morgan fingerprint density at radius 1 is 1.23 bits per heavy atom. The van der Waals surface area contributed by atoms with Crippen molar-refractivity contribution in [2.24, 2.45) is 23.7 Å². The molecule has 2 amide bonds. The minimum atomic E-state index is -0.842. The monoisotopic (exact) mass is 532 g/mol. The molecular formula is C29H36N6O4. The summed E-state index contributed by atoms with van der Waals surface area (Å²) in [5.41, 5.74) is 2.91. The maximum atomic E-state index is 13.6. The summed E-state index contributed by atoms with van der Waals surface area (Å²) < 4.78 is 7.16. The Balaban J connectivity index is 1.18. The molecule has 5 aliphatic rings. The molecule has 2 aromatic rings. The van der Waals surface area contributed by atoms with Crippen molar-refractivity contribution in [3.05, 3.63) is 41.1 Å². The topological polar surface area (TPSA) is 103 Å². The van der Waals surface area contributed by atoms with Crippen LogP contribution < -0.4 is 15.1 Å². The van der Waals surface area contributed by atoms with Crippen molar-refractivity contribution in [1.29, 1.82) is 0 Å². The van der Waals surface area contributed by atoms with E-state index in [0.29, 0.717) is 54.9 Å². The van der Waals surface area contributed by atoms with Crippen molar-refractivity contribution in [3.8, 4) is 0 Å². The Morgan fingerprint density at radius 3 is 2.69 bits per heavy atom. The predicted molar refractivity (Wildman–Crippen MR) is 148 cm³/mol. The van der Waals surface area contributed by atoms with Gasteiger partial charge in [-0.05, 0) is 61.8 Å². The van der Waals surface area contributed by atoms with Crippen LogP contribution in [0.15, 0.2) is 24.4 Å². The second kappa shape index (κ2) is 8.82. The van der Waals surface area contributed by atoms with Gasteiger partial charge < -0.3 is 29.9 Å². The summed E-state index contributed by atoms with van der Waals surface area (Å²) in [6.45, 7) is 8.81. The zero-order valence-corrected chi connectivity index (χ0v) is 22.8. The van der Waals surface area contributed by atoms with Crippen molar-refractivity contribution < 1.29 is 19.4 Å². The molecule has 2 N–H and O–H groups in total. The van der Waals surface area contributed by atoms with Gasteiger partial charge in [-0.15, -0.1) is 0 Å². The van der Waals surface area contributed by atoms with Crippen LogP contribution >= 0.6 is 0 Å². The average Bonchev–Trinajstić information content (AvgIpc) is 3.24. The normalized spacial score (nSPS) is 25.5. The Labute approximate surface area is 228 Å². The highest BCUT2D eigenvalue weighted by atomic mass is 16.5. The van der Waals surface area contributed by atoms with E-state index >= 15 is 0 Å². The molecule has 7 rings (SSSR count). The molecule has 206 valence electrons. The molecule has 10 nitrogen and oxygen atoms in total. The van der Waals surface area contributed by atoms with E-state index in [1.165, 1.54) is 0 Å². The zero-order chi connectivity index (χ0) is 27.1. The van der Waals surface area contributed by atoms with Crippen LogP contribution in [-0.4, -0.2) is 83.6 Å². The van der Waals surface area contributed by atoms with E-state index in [1.807, 2.05) is 36.4 Å². The van der Waals surface area contributed by atoms with E-state index in [0.717, 1.165) is 55.0 Å². The van der Waals surface area contributed by atoms with Gasteiger partial charge in [0.1, 0.15) is 11.4 Å². The summed E-state index contributed by atoms with van der Waals surface area (Å²) in [6.07, 6.45) is 5.99. The van der Waals surface area contributed by atoms with Crippen molar-refractivity contribution in [1.82, 2.24) is 14.7 Å². The molecule has 4 aliphatic heterocycles. The van der Waals surface area contributed by atoms with Crippen LogP contribution in [0.4, 0.5) is 17.2 Å². The van der Waals surface area contributed by atoms with Crippen molar-refractivity contribution in [3.63, 3.8) is 0 Å². The number of nitrogens with one attached hydrogen (secondary N) is 1. The molecule has 39 heavy (non-hydrogen) atoms. The Hall–Kier alpha value is -3.37. The fraction of sp³-hybridized carbons (Fsp3) is 0.552. The Morgan fingerprint density at radius 2 is 2.00 bits per heavy atom. The smallest absolute Gasteiger partial charge is 0.261 e. The van der Waals surface area contributed by atoms with Gasteiger partial charge in [-0.2, -0.15) is 5.10 Å². The van der Waals surface area contributed by atoms with Crippen LogP contribution in [0.2, 0.25) is 0 Å². The lowest BCUT2D eigenvalue weighted by molar-refractivity contribution is -0.0473. The van der Waals surface area contributed by atoms with E-state index in [2.05, 4.69) is 15.3 Å². The molecule has 1 saturated carbocycles. The molecule has 2 atom stereocenters. The summed E-state index contributed by atoms with van der Waals surface area (Å²) in [6, 6.07) is 3.96. The number of benzene rings is 1. The number of carbonyl (C=O) groups excluding carboxylic acids is 2. The molecule has 0 spiro atoms. The molecular weight excluding hydrogens is 496 g/mol. The lowest BCUT2D eigenvalue weighted by atomic mass is 9.98. The third kappa shape index (κ3) is 4.21. The summed E-state index contributed by atoms with van der Waals surface area (Å²) in [5, 5.41) is 17.8. The highest BCUT2D eigenvalue weighted by molar-refractivity contribution is 6.10. The first-order valence-electron chi connectivity index (χ1n) is 14.0. The van der Waals surface area contributed by atoms with E-state index in [4.69, 9.17) is 4.74 Å². The zero-order valence-electron chi connectivity index (χ0n) is 22.8. The molecule has 5 heterocycles. The fourth-order valence-electron chi connectivity index (χ4n) is 6.89. The van der Waals surface area contributed by atoms with E-state index in [9.17, 15) is 14.7 Å². The number of amides is 2.